The van der Waals surface area contributed by atoms with E-state index in [0.29, 0.717) is 5.89 Å². The number of unbranched alkanes of at least 4 members (excludes halogenated alkanes) is 13. The van der Waals surface area contributed by atoms with Crippen LogP contribution < -0.4 is 5.73 Å². The minimum absolute atomic E-state index is 0. The number of nitrogens with zero attached hydrogens (tertiary/aromatic N) is 3. The largest absolute Gasteiger partial charge is 0.337 e. The molecule has 174 valence electrons. The number of rotatable bonds is 17. The van der Waals surface area contributed by atoms with E-state index in [4.69, 9.17) is 15.7 Å². The average Bonchev–Trinajstić information content (AvgIpc) is 3.34. The molecule has 2 heterocycles. The predicted molar refractivity (Wildman–Crippen MR) is 126 cm³/mol. The molecule has 7 heteroatoms. The molecule has 1 aromatic heterocycles. The minimum atomic E-state index is -0.112. The second-order valence-electron chi connectivity index (χ2n) is 8.63. The standard InChI is InChI=1S/C23H43N5O.ClH/c1-2-3-4-5-6-7-8-9-10-11-12-13-14-15-16-22-26-23(29-27-22)20-17-18-21(25)28(20)19-24;/h19-21,24H,2-18,25H2,1H3;1H. The molecule has 0 aromatic carbocycles. The molecular weight excluding hydrogens is 398 g/mol. The van der Waals surface area contributed by atoms with Crippen LogP contribution in [0.15, 0.2) is 4.52 Å². The molecule has 30 heavy (non-hydrogen) atoms. The summed E-state index contributed by atoms with van der Waals surface area (Å²) in [5.74, 6) is 1.41. The van der Waals surface area contributed by atoms with Gasteiger partial charge in [0.05, 0.1) is 12.5 Å². The lowest BCUT2D eigenvalue weighted by Crippen LogP contribution is -2.36. The van der Waals surface area contributed by atoms with Crippen LogP contribution in [-0.4, -0.2) is 27.5 Å². The van der Waals surface area contributed by atoms with Crippen molar-refractivity contribution in [3.63, 3.8) is 0 Å². The molecule has 1 saturated heterocycles. The summed E-state index contributed by atoms with van der Waals surface area (Å²) in [5, 5.41) is 11.6. The van der Waals surface area contributed by atoms with Crippen LogP contribution in [-0.2, 0) is 6.42 Å². The van der Waals surface area contributed by atoms with Crippen LogP contribution in [0.3, 0.4) is 0 Å². The Morgan fingerprint density at radius 2 is 1.47 bits per heavy atom. The normalized spacial score (nSPS) is 18.5. The highest BCUT2D eigenvalue weighted by atomic mass is 35.5. The summed E-state index contributed by atoms with van der Waals surface area (Å²) in [6.45, 7) is 2.28. The van der Waals surface area contributed by atoms with E-state index < -0.39 is 0 Å². The molecule has 1 aromatic rings. The molecular formula is C23H44ClN5O. The highest BCUT2D eigenvalue weighted by Gasteiger charge is 2.33. The smallest absolute Gasteiger partial charge is 0.249 e. The number of nitrogens with two attached hydrogens (primary N) is 1. The minimum Gasteiger partial charge on any atom is -0.337 e. The summed E-state index contributed by atoms with van der Waals surface area (Å²) in [6, 6.07) is -0.0277. The number of hydrogen-bond acceptors (Lipinski definition) is 5. The van der Waals surface area contributed by atoms with Gasteiger partial charge in [-0.05, 0) is 19.3 Å². The van der Waals surface area contributed by atoms with E-state index in [1.807, 2.05) is 4.90 Å². The summed E-state index contributed by atoms with van der Waals surface area (Å²) < 4.78 is 5.44. The first-order valence-electron chi connectivity index (χ1n) is 12.1. The third-order valence-electron chi connectivity index (χ3n) is 6.15. The van der Waals surface area contributed by atoms with Gasteiger partial charge in [-0.1, -0.05) is 95.6 Å². The van der Waals surface area contributed by atoms with Gasteiger partial charge in [0.25, 0.3) is 0 Å². The third-order valence-corrected chi connectivity index (χ3v) is 6.15. The molecule has 6 nitrogen and oxygen atoms in total. The topological polar surface area (TPSA) is 92.0 Å². The van der Waals surface area contributed by atoms with Crippen LogP contribution in [0.2, 0.25) is 0 Å². The first-order valence-corrected chi connectivity index (χ1v) is 12.1. The van der Waals surface area contributed by atoms with Gasteiger partial charge >= 0.3 is 0 Å². The molecule has 0 radical (unpaired) electrons. The van der Waals surface area contributed by atoms with Gasteiger partial charge in [0.1, 0.15) is 6.04 Å². The fraction of sp³-hybridized carbons (Fsp3) is 0.870. The number of nitrogens with one attached hydrogen (secondary N) is 1. The molecule has 0 spiro atoms. The average molecular weight is 442 g/mol. The van der Waals surface area contributed by atoms with Gasteiger partial charge in [-0.3, -0.25) is 5.41 Å². The molecule has 0 saturated carbocycles. The van der Waals surface area contributed by atoms with E-state index >= 15 is 0 Å². The fourth-order valence-electron chi connectivity index (χ4n) is 4.28. The molecule has 0 bridgehead atoms. The second-order valence-corrected chi connectivity index (χ2v) is 8.63. The molecule has 2 rings (SSSR count). The van der Waals surface area contributed by atoms with E-state index in [1.165, 1.54) is 89.8 Å². The zero-order valence-electron chi connectivity index (χ0n) is 19.0. The van der Waals surface area contributed by atoms with E-state index in [2.05, 4.69) is 17.1 Å². The van der Waals surface area contributed by atoms with Crippen molar-refractivity contribution in [1.29, 1.82) is 5.41 Å². The summed E-state index contributed by atoms with van der Waals surface area (Å²) in [6.07, 6.45) is 22.9. The lowest BCUT2D eigenvalue weighted by Gasteiger charge is -2.22. The molecule has 3 N–H and O–H groups in total. The van der Waals surface area contributed by atoms with E-state index in [9.17, 15) is 0 Å². The first-order chi connectivity index (χ1) is 14.3. The van der Waals surface area contributed by atoms with Gasteiger partial charge in [0, 0.05) is 6.42 Å². The van der Waals surface area contributed by atoms with Gasteiger partial charge in [-0.25, -0.2) is 0 Å². The Morgan fingerprint density at radius 1 is 0.933 bits per heavy atom. The Hall–Kier alpha value is -1.14. The maximum atomic E-state index is 7.52. The molecule has 1 fully saturated rings. The van der Waals surface area contributed by atoms with Crippen molar-refractivity contribution in [3.05, 3.63) is 11.7 Å². The predicted octanol–water partition coefficient (Wildman–Crippen LogP) is 6.54. The Balaban J connectivity index is 0.00000450. The van der Waals surface area contributed by atoms with Crippen LogP contribution in [0.25, 0.3) is 0 Å². The van der Waals surface area contributed by atoms with Crippen LogP contribution in [0.4, 0.5) is 0 Å². The SMILES string of the molecule is CCCCCCCCCCCCCCCCc1noc(C2CCC(N)N2C=N)n1.Cl. The molecule has 0 aliphatic carbocycles. The van der Waals surface area contributed by atoms with Crippen LogP contribution >= 0.6 is 12.4 Å². The van der Waals surface area contributed by atoms with Crippen molar-refractivity contribution in [1.82, 2.24) is 15.0 Å². The van der Waals surface area contributed by atoms with Crippen molar-refractivity contribution < 1.29 is 4.52 Å². The van der Waals surface area contributed by atoms with E-state index in [1.54, 1.807) is 0 Å². The van der Waals surface area contributed by atoms with Crippen molar-refractivity contribution in [2.24, 2.45) is 5.73 Å². The Labute approximate surface area is 189 Å². The Morgan fingerprint density at radius 3 is 2.00 bits per heavy atom. The number of aromatic nitrogens is 2. The molecule has 2 unspecified atom stereocenters. The molecule has 1 aliphatic rings. The van der Waals surface area contributed by atoms with Gasteiger partial charge < -0.3 is 15.2 Å². The molecule has 0 amide bonds. The monoisotopic (exact) mass is 441 g/mol. The van der Waals surface area contributed by atoms with Gasteiger partial charge in [-0.2, -0.15) is 4.98 Å². The van der Waals surface area contributed by atoms with Crippen LogP contribution in [0.5, 0.6) is 0 Å². The van der Waals surface area contributed by atoms with Gasteiger partial charge in [0.2, 0.25) is 5.89 Å². The highest BCUT2D eigenvalue weighted by molar-refractivity contribution is 5.85. The third kappa shape index (κ3) is 9.78. The number of aryl methyl sites for hydroxylation is 1. The Kier molecular flexibility index (Phi) is 14.8. The van der Waals surface area contributed by atoms with Crippen molar-refractivity contribution in [2.75, 3.05) is 0 Å². The lowest BCUT2D eigenvalue weighted by molar-refractivity contribution is 0.259. The van der Waals surface area contributed by atoms with Crippen LogP contribution in [0, 0.1) is 5.41 Å². The summed E-state index contributed by atoms with van der Waals surface area (Å²) in [4.78, 5) is 6.35. The quantitative estimate of drug-likeness (QED) is 0.162. The first kappa shape index (κ1) is 26.9. The van der Waals surface area contributed by atoms with Crippen LogP contribution in [0.1, 0.15) is 127 Å². The van der Waals surface area contributed by atoms with Gasteiger partial charge in [-0.15, -0.1) is 12.4 Å². The maximum absolute atomic E-state index is 7.52. The van der Waals surface area contributed by atoms with Crippen molar-refractivity contribution >= 4 is 18.7 Å². The van der Waals surface area contributed by atoms with Crippen molar-refractivity contribution in [3.8, 4) is 0 Å². The molecule has 2 atom stereocenters. The second kappa shape index (κ2) is 16.5. The fourth-order valence-corrected chi connectivity index (χ4v) is 4.28. The number of halogens is 1. The van der Waals surface area contributed by atoms with Gasteiger partial charge in [0.15, 0.2) is 5.82 Å². The molecule has 1 aliphatic heterocycles. The number of hydrogen-bond donors (Lipinski definition) is 2. The van der Waals surface area contributed by atoms with E-state index in [-0.39, 0.29) is 24.6 Å². The van der Waals surface area contributed by atoms with Crippen molar-refractivity contribution in [2.45, 2.75) is 128 Å². The summed E-state index contributed by atoms with van der Waals surface area (Å²) in [5.41, 5.74) is 6.00. The Bertz CT molecular complexity index is 553. The highest BCUT2D eigenvalue weighted by Crippen LogP contribution is 2.32. The number of likely N-dealkylation sites (tertiary alicyclic amines) is 1. The summed E-state index contributed by atoms with van der Waals surface area (Å²) >= 11 is 0. The lowest BCUT2D eigenvalue weighted by atomic mass is 10.0. The summed E-state index contributed by atoms with van der Waals surface area (Å²) in [7, 11) is 0. The zero-order valence-corrected chi connectivity index (χ0v) is 19.8. The van der Waals surface area contributed by atoms with E-state index in [0.717, 1.165) is 31.5 Å². The maximum Gasteiger partial charge on any atom is 0.249 e. The zero-order chi connectivity index (χ0) is 20.7.